The number of aromatic nitrogens is 2. The van der Waals surface area contributed by atoms with Crippen molar-refractivity contribution in [3.05, 3.63) is 76.7 Å². The van der Waals surface area contributed by atoms with Crippen LogP contribution in [0.15, 0.2) is 47.0 Å². The van der Waals surface area contributed by atoms with E-state index >= 15 is 0 Å². The van der Waals surface area contributed by atoms with Crippen LogP contribution in [-0.2, 0) is 13.0 Å². The van der Waals surface area contributed by atoms with Gasteiger partial charge in [-0.3, -0.25) is 4.79 Å². The number of benzene rings is 2. The van der Waals surface area contributed by atoms with Crippen LogP contribution >= 0.6 is 0 Å². The third-order valence-corrected chi connectivity index (χ3v) is 4.16. The van der Waals surface area contributed by atoms with Crippen LogP contribution in [0.5, 0.6) is 5.75 Å². The summed E-state index contributed by atoms with van der Waals surface area (Å²) in [5, 5.41) is 3.92. The molecule has 0 fully saturated rings. The SMILES string of the molecule is Cc1cc(C)cc(OCc2nc(CCN(C)C(=O)c3cccc(F)c3)no2)c1. The molecular weight excluding hydrogens is 361 g/mol. The molecule has 146 valence electrons. The second kappa shape index (κ2) is 8.65. The average Bonchev–Trinajstić information content (AvgIpc) is 3.11. The van der Waals surface area contributed by atoms with Gasteiger partial charge >= 0.3 is 0 Å². The van der Waals surface area contributed by atoms with E-state index in [4.69, 9.17) is 9.26 Å². The molecule has 1 heterocycles. The fourth-order valence-electron chi connectivity index (χ4n) is 2.82. The Morgan fingerprint density at radius 2 is 1.93 bits per heavy atom. The van der Waals surface area contributed by atoms with Gasteiger partial charge in [-0.25, -0.2) is 4.39 Å². The van der Waals surface area contributed by atoms with Gasteiger partial charge in [0.25, 0.3) is 11.8 Å². The van der Waals surface area contributed by atoms with Gasteiger partial charge in [0, 0.05) is 25.6 Å². The van der Waals surface area contributed by atoms with E-state index in [2.05, 4.69) is 16.2 Å². The van der Waals surface area contributed by atoms with E-state index in [1.54, 1.807) is 13.1 Å². The first-order chi connectivity index (χ1) is 13.4. The lowest BCUT2D eigenvalue weighted by Crippen LogP contribution is -2.29. The zero-order valence-corrected chi connectivity index (χ0v) is 16.1. The number of hydrogen-bond donors (Lipinski definition) is 0. The molecule has 0 aliphatic rings. The highest BCUT2D eigenvalue weighted by Gasteiger charge is 2.14. The number of amides is 1. The third kappa shape index (κ3) is 5.16. The topological polar surface area (TPSA) is 68.5 Å². The molecule has 7 heteroatoms. The molecule has 2 aromatic carbocycles. The fraction of sp³-hybridized carbons (Fsp3) is 0.286. The van der Waals surface area contributed by atoms with E-state index in [1.165, 1.54) is 23.1 Å². The Morgan fingerprint density at radius 1 is 1.18 bits per heavy atom. The number of aryl methyl sites for hydroxylation is 2. The van der Waals surface area contributed by atoms with Crippen molar-refractivity contribution in [2.45, 2.75) is 26.9 Å². The number of halogens is 1. The molecule has 6 nitrogen and oxygen atoms in total. The first kappa shape index (κ1) is 19.5. The first-order valence-electron chi connectivity index (χ1n) is 8.94. The van der Waals surface area contributed by atoms with Gasteiger partial charge < -0.3 is 14.2 Å². The number of likely N-dealkylation sites (N-methyl/N-ethyl adjacent to an activating group) is 1. The third-order valence-electron chi connectivity index (χ3n) is 4.16. The van der Waals surface area contributed by atoms with Gasteiger partial charge in [0.1, 0.15) is 11.6 Å². The normalized spacial score (nSPS) is 10.7. The molecule has 0 aliphatic heterocycles. The van der Waals surface area contributed by atoms with Gasteiger partial charge in [-0.15, -0.1) is 0 Å². The minimum Gasteiger partial charge on any atom is -0.484 e. The Bertz CT molecular complexity index is 951. The number of hydrogen-bond acceptors (Lipinski definition) is 5. The maximum absolute atomic E-state index is 13.3. The highest BCUT2D eigenvalue weighted by molar-refractivity contribution is 5.94. The van der Waals surface area contributed by atoms with E-state index < -0.39 is 5.82 Å². The van der Waals surface area contributed by atoms with Crippen molar-refractivity contribution in [3.8, 4) is 5.75 Å². The van der Waals surface area contributed by atoms with Crippen LogP contribution in [0.25, 0.3) is 0 Å². The molecule has 28 heavy (non-hydrogen) atoms. The summed E-state index contributed by atoms with van der Waals surface area (Å²) in [5.74, 6) is 0.899. The number of carbonyl (C=O) groups is 1. The van der Waals surface area contributed by atoms with Gasteiger partial charge in [-0.2, -0.15) is 4.98 Å². The maximum atomic E-state index is 13.3. The lowest BCUT2D eigenvalue weighted by atomic mass is 10.1. The molecular formula is C21H22FN3O3. The molecule has 0 aliphatic carbocycles. The van der Waals surface area contributed by atoms with Crippen LogP contribution in [0, 0.1) is 19.7 Å². The van der Waals surface area contributed by atoms with Crippen LogP contribution in [0.2, 0.25) is 0 Å². The van der Waals surface area contributed by atoms with Gasteiger partial charge in [0.15, 0.2) is 12.4 Å². The lowest BCUT2D eigenvalue weighted by molar-refractivity contribution is 0.0795. The molecule has 0 atom stereocenters. The Hall–Kier alpha value is -3.22. The summed E-state index contributed by atoms with van der Waals surface area (Å²) in [6, 6.07) is 11.6. The van der Waals surface area contributed by atoms with E-state index in [9.17, 15) is 9.18 Å². The average molecular weight is 383 g/mol. The summed E-state index contributed by atoms with van der Waals surface area (Å²) in [4.78, 5) is 18.1. The molecule has 3 rings (SSSR count). The number of carbonyl (C=O) groups excluding carboxylic acids is 1. The summed E-state index contributed by atoms with van der Waals surface area (Å²) in [6.07, 6.45) is 0.421. The Kier molecular flexibility index (Phi) is 6.03. The van der Waals surface area contributed by atoms with E-state index in [0.29, 0.717) is 30.2 Å². The predicted molar refractivity (Wildman–Crippen MR) is 102 cm³/mol. The number of rotatable bonds is 7. The quantitative estimate of drug-likeness (QED) is 0.622. The molecule has 0 spiro atoms. The second-order valence-electron chi connectivity index (χ2n) is 6.70. The molecule has 0 saturated heterocycles. The van der Waals surface area contributed by atoms with Crippen molar-refractivity contribution in [2.24, 2.45) is 0 Å². The van der Waals surface area contributed by atoms with E-state index in [0.717, 1.165) is 16.9 Å². The number of ether oxygens (including phenoxy) is 1. The molecule has 0 unspecified atom stereocenters. The molecule has 1 amide bonds. The van der Waals surface area contributed by atoms with Crippen molar-refractivity contribution in [2.75, 3.05) is 13.6 Å². The molecule has 0 N–H and O–H groups in total. The van der Waals surface area contributed by atoms with Crippen LogP contribution in [0.4, 0.5) is 4.39 Å². The predicted octanol–water partition coefficient (Wildman–Crippen LogP) is 3.72. The minimum absolute atomic E-state index is 0.175. The van der Waals surface area contributed by atoms with Crippen molar-refractivity contribution >= 4 is 5.91 Å². The highest BCUT2D eigenvalue weighted by atomic mass is 19.1. The van der Waals surface area contributed by atoms with Gasteiger partial charge in [0.2, 0.25) is 0 Å². The monoisotopic (exact) mass is 383 g/mol. The zero-order valence-electron chi connectivity index (χ0n) is 16.1. The van der Waals surface area contributed by atoms with Crippen LogP contribution in [0.3, 0.4) is 0 Å². The van der Waals surface area contributed by atoms with Gasteiger partial charge in [-0.05, 0) is 55.3 Å². The van der Waals surface area contributed by atoms with Crippen molar-refractivity contribution in [3.63, 3.8) is 0 Å². The highest BCUT2D eigenvalue weighted by Crippen LogP contribution is 2.17. The summed E-state index contributed by atoms with van der Waals surface area (Å²) >= 11 is 0. The summed E-state index contributed by atoms with van der Waals surface area (Å²) in [5.41, 5.74) is 2.54. The van der Waals surface area contributed by atoms with Crippen LogP contribution < -0.4 is 4.74 Å². The van der Waals surface area contributed by atoms with Crippen molar-refractivity contribution in [1.29, 1.82) is 0 Å². The lowest BCUT2D eigenvalue weighted by Gasteiger charge is -2.16. The molecule has 1 aromatic heterocycles. The van der Waals surface area contributed by atoms with Gasteiger partial charge in [-0.1, -0.05) is 17.3 Å². The van der Waals surface area contributed by atoms with Crippen LogP contribution in [-0.4, -0.2) is 34.5 Å². The Morgan fingerprint density at radius 3 is 2.64 bits per heavy atom. The Balaban J connectivity index is 1.52. The molecule has 0 radical (unpaired) electrons. The van der Waals surface area contributed by atoms with Crippen molar-refractivity contribution < 1.29 is 18.4 Å². The largest absolute Gasteiger partial charge is 0.484 e. The summed E-state index contributed by atoms with van der Waals surface area (Å²) in [6.45, 7) is 4.57. The van der Waals surface area contributed by atoms with Crippen LogP contribution in [0.1, 0.15) is 33.2 Å². The first-order valence-corrected chi connectivity index (χ1v) is 8.94. The zero-order chi connectivity index (χ0) is 20.1. The molecule has 0 bridgehead atoms. The number of nitrogens with zero attached hydrogens (tertiary/aromatic N) is 3. The smallest absolute Gasteiger partial charge is 0.264 e. The minimum atomic E-state index is -0.439. The van der Waals surface area contributed by atoms with E-state index in [-0.39, 0.29) is 12.5 Å². The van der Waals surface area contributed by atoms with Gasteiger partial charge in [0.05, 0.1) is 0 Å². The maximum Gasteiger partial charge on any atom is 0.264 e. The standard InChI is InChI=1S/C21H22FN3O3/c1-14-9-15(2)11-18(10-14)27-13-20-23-19(24-28-20)7-8-25(3)21(26)16-5-4-6-17(22)12-16/h4-6,9-12H,7-8,13H2,1-3H3. The molecule has 0 saturated carbocycles. The fourth-order valence-corrected chi connectivity index (χ4v) is 2.82. The molecule has 3 aromatic rings. The summed E-state index contributed by atoms with van der Waals surface area (Å²) < 4.78 is 24.2. The van der Waals surface area contributed by atoms with Crippen molar-refractivity contribution in [1.82, 2.24) is 15.0 Å². The summed E-state index contributed by atoms with van der Waals surface area (Å²) in [7, 11) is 1.65. The van der Waals surface area contributed by atoms with E-state index in [1.807, 2.05) is 26.0 Å². The Labute approximate surface area is 162 Å². The second-order valence-corrected chi connectivity index (χ2v) is 6.70.